The van der Waals surface area contributed by atoms with E-state index in [1.54, 1.807) is 64.5 Å². The Balaban J connectivity index is 0.000000173. The molecule has 0 amide bonds. The van der Waals surface area contributed by atoms with Crippen molar-refractivity contribution in [2.24, 2.45) is 0 Å². The van der Waals surface area contributed by atoms with Crippen LogP contribution in [0.5, 0.6) is 11.5 Å². The van der Waals surface area contributed by atoms with Crippen molar-refractivity contribution in [2.75, 3.05) is 0 Å². The molecule has 19 heteroatoms. The van der Waals surface area contributed by atoms with Crippen molar-refractivity contribution in [1.29, 1.82) is 21.0 Å². The van der Waals surface area contributed by atoms with Gasteiger partial charge in [0.15, 0.2) is 0 Å². The summed E-state index contributed by atoms with van der Waals surface area (Å²) >= 11 is 13.3. The first-order chi connectivity index (χ1) is 39.4. The van der Waals surface area contributed by atoms with Crippen molar-refractivity contribution in [3.05, 3.63) is 276 Å². The number of alkyl halides is 1. The molecule has 81 heavy (non-hydrogen) atoms. The van der Waals surface area contributed by atoms with Crippen molar-refractivity contribution < 1.29 is 19.5 Å². The zero-order valence-corrected chi connectivity index (χ0v) is 49.8. The topological polar surface area (TPSA) is 215 Å². The highest BCUT2D eigenvalue weighted by Crippen LogP contribution is 2.26. The van der Waals surface area contributed by atoms with Crippen molar-refractivity contribution in [1.82, 2.24) is 29.5 Å². The molecule has 0 atom stereocenters. The van der Waals surface area contributed by atoms with Crippen LogP contribution in [-0.4, -0.2) is 46.7 Å². The summed E-state index contributed by atoms with van der Waals surface area (Å²) in [7, 11) is -1.43. The van der Waals surface area contributed by atoms with Crippen LogP contribution < -0.4 is 14.9 Å². The standard InChI is InChI=1S/C23H18N4O.C13H13BO3.C10H7BrN4.C8H5Br2N.C8H6BrN/c24-13-21-7-6-20(12-22(21)14-27-17-25-16-26-27)19-8-10-23(11-9-19)28-15-18-4-2-1-3-5-18;15-14(16)12-6-8-13(9-7-12)17-10-11-4-2-1-3-5-11;11-10-2-1-8(4-12)9(3-10)5-15-7-13-6-14-15;9-4-7-3-8(10)2-1-6(7)5-11;1-6-4-8(9)3-2-7(6)5-10/h1-12,16-17H,14-15H2;1-9,15-16H,10H2;1-3,6-7H,5H2;1-3H,4H2;2-4H,1H3. The molecule has 402 valence electrons. The van der Waals surface area contributed by atoms with E-state index in [2.05, 4.69) is 108 Å². The number of rotatable bonds is 13. The van der Waals surface area contributed by atoms with Gasteiger partial charge in [-0.3, -0.25) is 0 Å². The fourth-order valence-corrected chi connectivity index (χ4v) is 9.05. The average Bonchev–Trinajstić information content (AvgIpc) is 4.28. The summed E-state index contributed by atoms with van der Waals surface area (Å²) in [5.41, 5.74) is 11.4. The lowest BCUT2D eigenvalue weighted by molar-refractivity contribution is 0.306. The third-order valence-electron chi connectivity index (χ3n) is 11.5. The van der Waals surface area contributed by atoms with Crippen LogP contribution in [0.25, 0.3) is 11.1 Å². The van der Waals surface area contributed by atoms with Crippen LogP contribution in [0, 0.1) is 52.2 Å². The number of halogens is 4. The Morgan fingerprint density at radius 3 is 1.32 bits per heavy atom. The van der Waals surface area contributed by atoms with E-state index in [4.69, 9.17) is 35.3 Å². The lowest BCUT2D eigenvalue weighted by Gasteiger charge is -2.10. The molecule has 8 aromatic carbocycles. The summed E-state index contributed by atoms with van der Waals surface area (Å²) in [6, 6.07) is 65.9. The van der Waals surface area contributed by atoms with Crippen molar-refractivity contribution in [3.63, 3.8) is 0 Å². The Kier molecular flexibility index (Phi) is 25.3. The molecule has 10 aromatic rings. The molecule has 2 aromatic heterocycles. The summed E-state index contributed by atoms with van der Waals surface area (Å²) in [5, 5.41) is 62.2. The fraction of sp³-hybridized carbons (Fsp3) is 0.0968. The van der Waals surface area contributed by atoms with Gasteiger partial charge in [-0.15, -0.1) is 0 Å². The second-order valence-electron chi connectivity index (χ2n) is 17.2. The molecule has 0 aliphatic rings. The third-order valence-corrected chi connectivity index (χ3v) is 13.6. The van der Waals surface area contributed by atoms with Gasteiger partial charge in [-0.25, -0.2) is 19.3 Å². The second kappa shape index (κ2) is 33.2. The van der Waals surface area contributed by atoms with E-state index >= 15 is 0 Å². The van der Waals surface area contributed by atoms with Gasteiger partial charge in [0.1, 0.15) is 50.0 Å². The summed E-state index contributed by atoms with van der Waals surface area (Å²) in [4.78, 5) is 7.81. The van der Waals surface area contributed by atoms with Crippen molar-refractivity contribution in [2.45, 2.75) is 38.6 Å². The number of hydrogen-bond acceptors (Lipinski definition) is 12. The SMILES string of the molecule is Cc1cc(Br)ccc1C#N.N#Cc1ccc(-c2ccc(OCc3ccccc3)cc2)cc1Cn1cncn1.N#Cc1ccc(Br)cc1CBr.N#Cc1ccc(Br)cc1Cn1cncn1.OB(O)c1ccc(OCc2ccccc2)cc1. The van der Waals surface area contributed by atoms with Gasteiger partial charge in [0, 0.05) is 18.7 Å². The maximum Gasteiger partial charge on any atom is 0.488 e. The second-order valence-corrected chi connectivity index (χ2v) is 20.5. The summed E-state index contributed by atoms with van der Waals surface area (Å²) in [6.07, 6.45) is 6.24. The quantitative estimate of drug-likeness (QED) is 0.0814. The van der Waals surface area contributed by atoms with Gasteiger partial charge < -0.3 is 19.5 Å². The minimum Gasteiger partial charge on any atom is -0.489 e. The summed E-state index contributed by atoms with van der Waals surface area (Å²) in [5.74, 6) is 1.53. The van der Waals surface area contributed by atoms with Gasteiger partial charge in [0.05, 0.1) is 59.6 Å². The molecule has 0 saturated carbocycles. The van der Waals surface area contributed by atoms with E-state index in [0.717, 1.165) is 80.1 Å². The lowest BCUT2D eigenvalue weighted by atomic mass is 9.80. The molecule has 10 rings (SSSR count). The number of aromatic nitrogens is 6. The molecular formula is C62H49BBr4N10O4. The predicted molar refractivity (Wildman–Crippen MR) is 327 cm³/mol. The van der Waals surface area contributed by atoms with Crippen LogP contribution >= 0.6 is 63.7 Å². The Morgan fingerprint density at radius 1 is 0.481 bits per heavy atom. The molecular weight excluding hydrogens is 1280 g/mol. The summed E-state index contributed by atoms with van der Waals surface area (Å²) in [6.45, 7) is 4.03. The van der Waals surface area contributed by atoms with Crippen molar-refractivity contribution in [3.8, 4) is 46.9 Å². The maximum atomic E-state index is 9.39. The van der Waals surface area contributed by atoms with Crippen LogP contribution in [0.3, 0.4) is 0 Å². The van der Waals surface area contributed by atoms with Crippen LogP contribution in [0.2, 0.25) is 0 Å². The van der Waals surface area contributed by atoms with E-state index in [1.165, 1.54) is 12.7 Å². The van der Waals surface area contributed by atoms with E-state index in [9.17, 15) is 5.26 Å². The smallest absolute Gasteiger partial charge is 0.488 e. The molecule has 14 nitrogen and oxygen atoms in total. The minimum absolute atomic E-state index is 0.456. The Bertz CT molecular complexity index is 3720. The first-order valence-electron chi connectivity index (χ1n) is 24.6. The van der Waals surface area contributed by atoms with E-state index in [0.29, 0.717) is 48.6 Å². The van der Waals surface area contributed by atoms with Gasteiger partial charge in [-0.1, -0.05) is 155 Å². The summed E-state index contributed by atoms with van der Waals surface area (Å²) < 4.78 is 17.8. The van der Waals surface area contributed by atoms with E-state index in [1.807, 2.05) is 146 Å². The van der Waals surface area contributed by atoms with E-state index < -0.39 is 7.12 Å². The van der Waals surface area contributed by atoms with Gasteiger partial charge in [0.2, 0.25) is 0 Å². The number of nitriles is 4. The molecule has 0 fully saturated rings. The number of hydrogen-bond donors (Lipinski definition) is 2. The minimum atomic E-state index is -1.43. The normalized spacial score (nSPS) is 9.86. The third kappa shape index (κ3) is 20.6. The zero-order valence-electron chi connectivity index (χ0n) is 43.4. The molecule has 2 heterocycles. The molecule has 0 radical (unpaired) electrons. The van der Waals surface area contributed by atoms with Crippen LogP contribution in [-0.2, 0) is 31.6 Å². The molecule has 0 spiro atoms. The van der Waals surface area contributed by atoms with Gasteiger partial charge in [0.25, 0.3) is 0 Å². The number of benzene rings is 8. The van der Waals surface area contributed by atoms with Crippen LogP contribution in [0.4, 0.5) is 0 Å². The maximum absolute atomic E-state index is 9.39. The molecule has 0 bridgehead atoms. The molecule has 0 aliphatic carbocycles. The highest BCUT2D eigenvalue weighted by Gasteiger charge is 2.11. The molecule has 0 aliphatic heterocycles. The number of ether oxygens (including phenoxy) is 2. The Morgan fingerprint density at radius 2 is 0.889 bits per heavy atom. The lowest BCUT2D eigenvalue weighted by Crippen LogP contribution is -2.29. The van der Waals surface area contributed by atoms with Crippen LogP contribution in [0.15, 0.2) is 221 Å². The molecule has 2 N–H and O–H groups in total. The highest BCUT2D eigenvalue weighted by molar-refractivity contribution is 9.11. The first kappa shape index (κ1) is 61.7. The average molecular weight is 1330 g/mol. The highest BCUT2D eigenvalue weighted by atomic mass is 79.9. The van der Waals surface area contributed by atoms with Crippen molar-refractivity contribution >= 4 is 76.3 Å². The zero-order chi connectivity index (χ0) is 57.8. The van der Waals surface area contributed by atoms with Gasteiger partial charge in [-0.2, -0.15) is 31.2 Å². The fourth-order valence-electron chi connectivity index (χ4n) is 7.29. The van der Waals surface area contributed by atoms with E-state index in [-0.39, 0.29) is 0 Å². The molecule has 0 saturated heterocycles. The monoisotopic (exact) mass is 1320 g/mol. The van der Waals surface area contributed by atoms with Gasteiger partial charge >= 0.3 is 7.12 Å². The largest absolute Gasteiger partial charge is 0.489 e. The Hall–Kier alpha value is -8.50. The number of nitrogens with zero attached hydrogens (tertiary/aromatic N) is 10. The predicted octanol–water partition coefficient (Wildman–Crippen LogP) is 13.2. The molecule has 0 unspecified atom stereocenters. The number of aryl methyl sites for hydroxylation is 1. The van der Waals surface area contributed by atoms with Gasteiger partial charge in [-0.05, 0) is 148 Å². The van der Waals surface area contributed by atoms with Crippen LogP contribution in [0.1, 0.15) is 55.6 Å². The Labute approximate surface area is 504 Å². The first-order valence-corrected chi connectivity index (χ1v) is 28.1.